The molecule has 0 bridgehead atoms. The summed E-state index contributed by atoms with van der Waals surface area (Å²) in [5, 5.41) is 16.8. The number of ether oxygens (including phenoxy) is 4. The molecule has 0 radical (unpaired) electrons. The van der Waals surface area contributed by atoms with E-state index in [1.54, 1.807) is 32.4 Å². The van der Waals surface area contributed by atoms with Gasteiger partial charge in [-0.1, -0.05) is 5.16 Å². The van der Waals surface area contributed by atoms with Crippen LogP contribution in [0.4, 0.5) is 0 Å². The first-order valence-corrected chi connectivity index (χ1v) is 10.2. The van der Waals surface area contributed by atoms with Crippen molar-refractivity contribution >= 4 is 5.65 Å². The van der Waals surface area contributed by atoms with Gasteiger partial charge in [0.2, 0.25) is 5.82 Å². The van der Waals surface area contributed by atoms with Crippen LogP contribution in [0.2, 0.25) is 0 Å². The second-order valence-electron chi connectivity index (χ2n) is 7.45. The fraction of sp³-hybridized carbons (Fsp3) is 0.381. The van der Waals surface area contributed by atoms with Crippen LogP contribution < -0.4 is 14.2 Å². The Morgan fingerprint density at radius 3 is 2.84 bits per heavy atom. The lowest BCUT2D eigenvalue weighted by atomic mass is 10.1. The van der Waals surface area contributed by atoms with Crippen LogP contribution in [0.1, 0.15) is 17.9 Å². The summed E-state index contributed by atoms with van der Waals surface area (Å²) in [6.45, 7) is 4.19. The van der Waals surface area contributed by atoms with Crippen molar-refractivity contribution in [3.63, 3.8) is 0 Å². The largest absolute Gasteiger partial charge is 0.492 e. The number of pyridine rings is 1. The quantitative estimate of drug-likeness (QED) is 0.406. The van der Waals surface area contributed by atoms with Gasteiger partial charge in [-0.15, -0.1) is 15.3 Å². The molecule has 1 atom stereocenters. The van der Waals surface area contributed by atoms with Gasteiger partial charge in [0.05, 0.1) is 32.2 Å². The van der Waals surface area contributed by atoms with Crippen molar-refractivity contribution in [3.8, 4) is 28.9 Å². The molecule has 5 rings (SSSR count). The van der Waals surface area contributed by atoms with Crippen molar-refractivity contribution < 1.29 is 23.5 Å². The number of hydrogen-bond acceptors (Lipinski definition) is 10. The average molecular weight is 438 g/mol. The molecule has 0 spiro atoms. The van der Waals surface area contributed by atoms with Crippen molar-refractivity contribution in [1.29, 1.82) is 0 Å². The van der Waals surface area contributed by atoms with E-state index in [1.807, 2.05) is 12.1 Å². The van der Waals surface area contributed by atoms with Crippen LogP contribution in [-0.4, -0.2) is 56.9 Å². The van der Waals surface area contributed by atoms with Crippen LogP contribution in [0.3, 0.4) is 0 Å². The van der Waals surface area contributed by atoms with Gasteiger partial charge in [0, 0.05) is 24.7 Å². The zero-order valence-corrected chi connectivity index (χ0v) is 17.7. The Kier molecular flexibility index (Phi) is 5.55. The Morgan fingerprint density at radius 1 is 1.19 bits per heavy atom. The molecule has 0 saturated carbocycles. The highest BCUT2D eigenvalue weighted by atomic mass is 16.5. The number of nitrogens with zero attached hydrogens (tertiary/aromatic N) is 6. The lowest BCUT2D eigenvalue weighted by molar-refractivity contribution is 0.167. The summed E-state index contributed by atoms with van der Waals surface area (Å²) in [7, 11) is 1.54. The molecule has 1 saturated heterocycles. The third-order valence-corrected chi connectivity index (χ3v) is 5.07. The van der Waals surface area contributed by atoms with Gasteiger partial charge < -0.3 is 23.5 Å². The van der Waals surface area contributed by atoms with Crippen molar-refractivity contribution in [2.24, 2.45) is 5.92 Å². The highest BCUT2D eigenvalue weighted by molar-refractivity contribution is 5.56. The van der Waals surface area contributed by atoms with Crippen molar-refractivity contribution in [1.82, 2.24) is 30.0 Å². The maximum Gasteiger partial charge on any atom is 0.275 e. The zero-order chi connectivity index (χ0) is 21.9. The first-order chi connectivity index (χ1) is 15.7. The molecule has 1 unspecified atom stereocenters. The van der Waals surface area contributed by atoms with Crippen LogP contribution in [0, 0.1) is 12.8 Å². The van der Waals surface area contributed by atoms with E-state index in [1.165, 1.54) is 4.52 Å². The number of aromatic nitrogens is 6. The van der Waals surface area contributed by atoms with Gasteiger partial charge in [0.25, 0.3) is 5.88 Å². The minimum atomic E-state index is 0.201. The molecule has 4 aromatic rings. The summed E-state index contributed by atoms with van der Waals surface area (Å²) >= 11 is 0. The van der Waals surface area contributed by atoms with E-state index >= 15 is 0 Å². The van der Waals surface area contributed by atoms with E-state index in [9.17, 15) is 0 Å². The predicted molar refractivity (Wildman–Crippen MR) is 111 cm³/mol. The van der Waals surface area contributed by atoms with Gasteiger partial charge in [-0.3, -0.25) is 4.98 Å². The van der Waals surface area contributed by atoms with Gasteiger partial charge in [-0.05, 0) is 25.5 Å². The van der Waals surface area contributed by atoms with E-state index in [4.69, 9.17) is 23.5 Å². The molecule has 4 aromatic heterocycles. The molecule has 0 aliphatic carbocycles. The number of aryl methyl sites for hydroxylation is 1. The summed E-state index contributed by atoms with van der Waals surface area (Å²) in [5.41, 5.74) is 1.75. The lowest BCUT2D eigenvalue weighted by Crippen LogP contribution is -2.11. The fourth-order valence-electron chi connectivity index (χ4n) is 3.33. The molecular formula is C21H22N6O5. The minimum Gasteiger partial charge on any atom is -0.492 e. The molecule has 1 aliphatic rings. The predicted octanol–water partition coefficient (Wildman–Crippen LogP) is 2.49. The maximum atomic E-state index is 5.89. The summed E-state index contributed by atoms with van der Waals surface area (Å²) in [4.78, 5) is 4.41. The Balaban J connectivity index is 1.29. The molecule has 5 heterocycles. The Hall–Kier alpha value is -3.73. The molecule has 0 amide bonds. The molecule has 11 nitrogen and oxygen atoms in total. The van der Waals surface area contributed by atoms with Crippen LogP contribution >= 0.6 is 0 Å². The maximum absolute atomic E-state index is 5.89. The second-order valence-corrected chi connectivity index (χ2v) is 7.45. The Bertz CT molecular complexity index is 1200. The van der Waals surface area contributed by atoms with Crippen LogP contribution in [0.15, 0.2) is 35.0 Å². The molecule has 32 heavy (non-hydrogen) atoms. The van der Waals surface area contributed by atoms with Gasteiger partial charge >= 0.3 is 0 Å². The van der Waals surface area contributed by atoms with Crippen molar-refractivity contribution in [3.05, 3.63) is 41.9 Å². The Labute approximate surface area is 183 Å². The standard InChI is InChI=1S/C21H22N6O5/c1-13-7-17(26-32-13)20-24-23-19-8-18(28-2)21(25-27(19)20)31-12-15-3-4-16(9-22-15)30-11-14-5-6-29-10-14/h3-4,7-9,14H,5-6,10-12H2,1-2H3. The molecule has 11 heteroatoms. The summed E-state index contributed by atoms with van der Waals surface area (Å²) < 4.78 is 29.1. The minimum absolute atomic E-state index is 0.201. The average Bonchev–Trinajstić information content (AvgIpc) is 3.57. The highest BCUT2D eigenvalue weighted by Crippen LogP contribution is 2.28. The zero-order valence-electron chi connectivity index (χ0n) is 17.7. The smallest absolute Gasteiger partial charge is 0.275 e. The van der Waals surface area contributed by atoms with E-state index < -0.39 is 0 Å². The van der Waals surface area contributed by atoms with Gasteiger partial charge in [0.15, 0.2) is 17.1 Å². The first-order valence-electron chi connectivity index (χ1n) is 10.2. The molecule has 0 N–H and O–H groups in total. The SMILES string of the molecule is COc1cc2nnc(-c3cc(C)on3)n2nc1OCc1ccc(OCC2CCOC2)cn1. The third-order valence-electron chi connectivity index (χ3n) is 5.07. The third kappa shape index (κ3) is 4.19. The number of fused-ring (bicyclic) bond motifs is 1. The number of hydrogen-bond donors (Lipinski definition) is 0. The van der Waals surface area contributed by atoms with Crippen LogP contribution in [-0.2, 0) is 11.3 Å². The first kappa shape index (κ1) is 20.2. The van der Waals surface area contributed by atoms with Gasteiger partial charge in [-0.25, -0.2) is 0 Å². The summed E-state index contributed by atoms with van der Waals surface area (Å²) in [6.07, 6.45) is 2.72. The molecular weight excluding hydrogens is 416 g/mol. The molecule has 1 aliphatic heterocycles. The Morgan fingerprint density at radius 2 is 2.12 bits per heavy atom. The molecule has 166 valence electrons. The lowest BCUT2D eigenvalue weighted by Gasteiger charge is -2.11. The number of methoxy groups -OCH3 is 1. The summed E-state index contributed by atoms with van der Waals surface area (Å²) in [6, 6.07) is 7.19. The molecule has 0 aromatic carbocycles. The fourth-order valence-corrected chi connectivity index (χ4v) is 3.33. The van der Waals surface area contributed by atoms with E-state index in [-0.39, 0.29) is 12.5 Å². The van der Waals surface area contributed by atoms with Crippen molar-refractivity contribution in [2.45, 2.75) is 20.0 Å². The van der Waals surface area contributed by atoms with Gasteiger partial charge in [0.1, 0.15) is 18.1 Å². The van der Waals surface area contributed by atoms with E-state index in [2.05, 4.69) is 25.4 Å². The van der Waals surface area contributed by atoms with Crippen LogP contribution in [0.5, 0.6) is 17.4 Å². The van der Waals surface area contributed by atoms with Gasteiger partial charge in [-0.2, -0.15) is 4.52 Å². The normalized spacial score (nSPS) is 15.9. The second kappa shape index (κ2) is 8.79. The van der Waals surface area contributed by atoms with E-state index in [0.29, 0.717) is 41.2 Å². The number of rotatable bonds is 8. The van der Waals surface area contributed by atoms with E-state index in [0.717, 1.165) is 31.1 Å². The van der Waals surface area contributed by atoms with Crippen molar-refractivity contribution in [2.75, 3.05) is 26.9 Å². The van der Waals surface area contributed by atoms with Crippen LogP contribution in [0.25, 0.3) is 17.2 Å². The monoisotopic (exact) mass is 438 g/mol. The molecule has 1 fully saturated rings. The topological polar surface area (TPSA) is 119 Å². The summed E-state index contributed by atoms with van der Waals surface area (Å²) in [5.74, 6) is 2.98. The highest BCUT2D eigenvalue weighted by Gasteiger charge is 2.18.